The van der Waals surface area contributed by atoms with E-state index in [1.54, 1.807) is 11.9 Å². The molecule has 18 heavy (non-hydrogen) atoms. The molecule has 1 fully saturated rings. The van der Waals surface area contributed by atoms with Crippen molar-refractivity contribution >= 4 is 0 Å². The number of halogens is 2. The van der Waals surface area contributed by atoms with Crippen molar-refractivity contribution in [2.75, 3.05) is 0 Å². The summed E-state index contributed by atoms with van der Waals surface area (Å²) in [6, 6.07) is 0. The van der Waals surface area contributed by atoms with Crippen molar-refractivity contribution in [2.45, 2.75) is 38.8 Å². The minimum Gasteiger partial charge on any atom is -0.351 e. The van der Waals surface area contributed by atoms with Gasteiger partial charge in [-0.15, -0.1) is 0 Å². The quantitative estimate of drug-likeness (QED) is 0.861. The van der Waals surface area contributed by atoms with Gasteiger partial charge in [0.15, 0.2) is 12.4 Å². The number of aromatic nitrogens is 2. The summed E-state index contributed by atoms with van der Waals surface area (Å²) in [5.74, 6) is -1.53. The number of ether oxygens (including phenoxy) is 1. The largest absolute Gasteiger partial charge is 0.351 e. The van der Waals surface area contributed by atoms with Crippen LogP contribution in [0.1, 0.15) is 26.5 Å². The first-order valence-electron chi connectivity index (χ1n) is 5.76. The average molecular weight is 260 g/mol. The average Bonchev–Trinajstić information content (AvgIpc) is 2.61. The van der Waals surface area contributed by atoms with Crippen molar-refractivity contribution < 1.29 is 13.5 Å². The Kier molecular flexibility index (Phi) is 3.34. The van der Waals surface area contributed by atoms with Crippen LogP contribution in [0.4, 0.5) is 8.78 Å². The standard InChI is InChI=1S/C11H14F2N2O3/c1-3-7-5(2)8(13)10(18-7)15-4-6(12)9(16)14-11(15)17/h4-5,7-8,10H,3H2,1-2H3,(H,14,16,17)/t5-,7-,8+,10-/m1/s1. The van der Waals surface area contributed by atoms with E-state index in [9.17, 15) is 18.4 Å². The zero-order valence-electron chi connectivity index (χ0n) is 10.0. The zero-order valence-corrected chi connectivity index (χ0v) is 10.0. The molecule has 1 aliphatic heterocycles. The van der Waals surface area contributed by atoms with E-state index in [0.717, 1.165) is 4.57 Å². The minimum absolute atomic E-state index is 0.327. The van der Waals surface area contributed by atoms with Gasteiger partial charge in [-0.25, -0.2) is 9.18 Å². The molecule has 1 aromatic rings. The van der Waals surface area contributed by atoms with Crippen LogP contribution >= 0.6 is 0 Å². The van der Waals surface area contributed by atoms with Crippen LogP contribution in [0.25, 0.3) is 0 Å². The number of alkyl halides is 1. The van der Waals surface area contributed by atoms with Crippen LogP contribution < -0.4 is 11.2 Å². The predicted octanol–water partition coefficient (Wildman–Crippen LogP) is 0.957. The summed E-state index contributed by atoms with van der Waals surface area (Å²) in [7, 11) is 0. The lowest BCUT2D eigenvalue weighted by Crippen LogP contribution is -2.36. The lowest BCUT2D eigenvalue weighted by molar-refractivity contribution is -0.0241. The van der Waals surface area contributed by atoms with Crippen molar-refractivity contribution in [3.63, 3.8) is 0 Å². The summed E-state index contributed by atoms with van der Waals surface area (Å²) in [6.07, 6.45) is -1.66. The van der Waals surface area contributed by atoms with E-state index in [1.807, 2.05) is 6.92 Å². The highest BCUT2D eigenvalue weighted by atomic mass is 19.1. The number of rotatable bonds is 2. The summed E-state index contributed by atoms with van der Waals surface area (Å²) < 4.78 is 33.3. The van der Waals surface area contributed by atoms with E-state index in [4.69, 9.17) is 4.74 Å². The maximum Gasteiger partial charge on any atom is 0.330 e. The van der Waals surface area contributed by atoms with Crippen molar-refractivity contribution in [3.8, 4) is 0 Å². The van der Waals surface area contributed by atoms with Gasteiger partial charge in [-0.1, -0.05) is 13.8 Å². The van der Waals surface area contributed by atoms with Gasteiger partial charge in [0.25, 0.3) is 5.56 Å². The van der Waals surface area contributed by atoms with Crippen LogP contribution in [0.3, 0.4) is 0 Å². The van der Waals surface area contributed by atoms with E-state index in [2.05, 4.69) is 0 Å². The van der Waals surface area contributed by atoms with Gasteiger partial charge < -0.3 is 4.74 Å². The molecule has 1 aromatic heterocycles. The first kappa shape index (κ1) is 12.9. The molecule has 0 aliphatic carbocycles. The summed E-state index contributed by atoms with van der Waals surface area (Å²) in [5.41, 5.74) is -2.00. The Hall–Kier alpha value is -1.50. The summed E-state index contributed by atoms with van der Waals surface area (Å²) in [5, 5.41) is 0. The van der Waals surface area contributed by atoms with E-state index in [1.165, 1.54) is 0 Å². The lowest BCUT2D eigenvalue weighted by Gasteiger charge is -2.15. The van der Waals surface area contributed by atoms with E-state index < -0.39 is 29.5 Å². The predicted molar refractivity (Wildman–Crippen MR) is 59.5 cm³/mol. The highest BCUT2D eigenvalue weighted by molar-refractivity contribution is 4.93. The Morgan fingerprint density at radius 3 is 2.72 bits per heavy atom. The van der Waals surface area contributed by atoms with Crippen molar-refractivity contribution in [1.82, 2.24) is 9.55 Å². The first-order valence-corrected chi connectivity index (χ1v) is 5.76. The zero-order chi connectivity index (χ0) is 13.4. The molecule has 0 amide bonds. The molecule has 0 aromatic carbocycles. The van der Waals surface area contributed by atoms with Crippen LogP contribution in [-0.2, 0) is 4.74 Å². The second-order valence-electron chi connectivity index (χ2n) is 4.42. The Morgan fingerprint density at radius 2 is 2.17 bits per heavy atom. The lowest BCUT2D eigenvalue weighted by atomic mass is 10.00. The normalized spacial score (nSPS) is 31.8. The maximum absolute atomic E-state index is 14.0. The fourth-order valence-electron chi connectivity index (χ4n) is 2.18. The van der Waals surface area contributed by atoms with Gasteiger partial charge in [0, 0.05) is 5.92 Å². The third-order valence-electron chi connectivity index (χ3n) is 3.28. The Balaban J connectivity index is 2.42. The summed E-state index contributed by atoms with van der Waals surface area (Å²) >= 11 is 0. The molecule has 0 saturated carbocycles. The van der Waals surface area contributed by atoms with Gasteiger partial charge in [-0.3, -0.25) is 14.3 Å². The molecule has 4 atom stereocenters. The van der Waals surface area contributed by atoms with Crippen LogP contribution in [0, 0.1) is 11.7 Å². The molecule has 0 spiro atoms. The molecule has 2 heterocycles. The highest BCUT2D eigenvalue weighted by Gasteiger charge is 2.42. The van der Waals surface area contributed by atoms with Gasteiger partial charge in [-0.05, 0) is 6.42 Å². The van der Waals surface area contributed by atoms with E-state index in [0.29, 0.717) is 12.6 Å². The van der Waals surface area contributed by atoms with Crippen molar-refractivity contribution in [2.24, 2.45) is 5.92 Å². The van der Waals surface area contributed by atoms with Gasteiger partial charge in [0.05, 0.1) is 12.3 Å². The Labute approximate surface area is 101 Å². The molecular formula is C11H14F2N2O3. The Morgan fingerprint density at radius 1 is 1.50 bits per heavy atom. The fourth-order valence-corrected chi connectivity index (χ4v) is 2.18. The van der Waals surface area contributed by atoms with Gasteiger partial charge in [0.1, 0.15) is 0 Å². The number of aromatic amines is 1. The molecule has 5 nitrogen and oxygen atoms in total. The smallest absolute Gasteiger partial charge is 0.330 e. The highest BCUT2D eigenvalue weighted by Crippen LogP contribution is 2.36. The van der Waals surface area contributed by atoms with Crippen LogP contribution in [0.15, 0.2) is 15.8 Å². The van der Waals surface area contributed by atoms with Crippen LogP contribution in [0.5, 0.6) is 0 Å². The summed E-state index contributed by atoms with van der Waals surface area (Å²) in [4.78, 5) is 24.2. The third-order valence-corrected chi connectivity index (χ3v) is 3.28. The number of hydrogen-bond donors (Lipinski definition) is 1. The second kappa shape index (κ2) is 4.64. The molecule has 1 N–H and O–H groups in total. The van der Waals surface area contributed by atoms with E-state index >= 15 is 0 Å². The first-order chi connectivity index (χ1) is 8.45. The fraction of sp³-hybridized carbons (Fsp3) is 0.636. The number of H-pyrrole nitrogens is 1. The van der Waals surface area contributed by atoms with Crippen molar-refractivity contribution in [1.29, 1.82) is 0 Å². The van der Waals surface area contributed by atoms with Gasteiger partial charge >= 0.3 is 5.69 Å². The number of nitrogens with one attached hydrogen (secondary N) is 1. The molecule has 0 bridgehead atoms. The topological polar surface area (TPSA) is 64.1 Å². The van der Waals surface area contributed by atoms with Crippen LogP contribution in [-0.4, -0.2) is 21.8 Å². The van der Waals surface area contributed by atoms with Gasteiger partial charge in [-0.2, -0.15) is 4.39 Å². The summed E-state index contributed by atoms with van der Waals surface area (Å²) in [6.45, 7) is 3.51. The van der Waals surface area contributed by atoms with Crippen molar-refractivity contribution in [3.05, 3.63) is 32.9 Å². The molecule has 100 valence electrons. The third kappa shape index (κ3) is 1.98. The number of nitrogens with zero attached hydrogens (tertiary/aromatic N) is 1. The number of hydrogen-bond acceptors (Lipinski definition) is 3. The van der Waals surface area contributed by atoms with Gasteiger partial charge in [0.2, 0.25) is 5.82 Å². The maximum atomic E-state index is 14.0. The molecule has 1 aliphatic rings. The second-order valence-corrected chi connectivity index (χ2v) is 4.42. The monoisotopic (exact) mass is 260 g/mol. The SMILES string of the molecule is CC[C@H]1O[C@@H](n2cc(F)c(=O)[nH]c2=O)[C@@H](F)[C@@H]1C. The molecular weight excluding hydrogens is 246 g/mol. The minimum atomic E-state index is -1.42. The molecule has 2 rings (SSSR count). The Bertz CT molecular complexity index is 554. The van der Waals surface area contributed by atoms with Crippen LogP contribution in [0.2, 0.25) is 0 Å². The molecule has 1 saturated heterocycles. The van der Waals surface area contributed by atoms with E-state index in [-0.39, 0.29) is 12.0 Å². The molecule has 0 radical (unpaired) electrons. The molecule has 0 unspecified atom stereocenters. The molecule has 7 heteroatoms.